The van der Waals surface area contributed by atoms with Gasteiger partial charge in [0, 0.05) is 18.7 Å². The van der Waals surface area contributed by atoms with Crippen LogP contribution in [0.1, 0.15) is 16.8 Å². The molecular formula is C20H20N6O2. The second-order valence-corrected chi connectivity index (χ2v) is 6.30. The van der Waals surface area contributed by atoms with E-state index in [1.54, 1.807) is 7.11 Å². The molecule has 0 fully saturated rings. The molecule has 0 saturated carbocycles. The number of carbonyl (C=O) groups excluding carboxylic acids is 1. The van der Waals surface area contributed by atoms with Crippen molar-refractivity contribution in [3.05, 3.63) is 60.3 Å². The molecule has 2 heterocycles. The fourth-order valence-electron chi connectivity index (χ4n) is 3.07. The molecule has 0 saturated heterocycles. The number of aromatic nitrogens is 5. The van der Waals surface area contributed by atoms with E-state index < -0.39 is 0 Å². The van der Waals surface area contributed by atoms with Gasteiger partial charge in [0.1, 0.15) is 11.3 Å². The van der Waals surface area contributed by atoms with Gasteiger partial charge in [0.05, 0.1) is 30.1 Å². The first-order valence-electron chi connectivity index (χ1n) is 9.00. The van der Waals surface area contributed by atoms with E-state index >= 15 is 0 Å². The van der Waals surface area contributed by atoms with E-state index in [9.17, 15) is 4.79 Å². The van der Waals surface area contributed by atoms with E-state index in [4.69, 9.17) is 4.74 Å². The summed E-state index contributed by atoms with van der Waals surface area (Å²) in [6.45, 7) is 1.20. The van der Waals surface area contributed by atoms with Crippen molar-refractivity contribution in [2.75, 3.05) is 13.7 Å². The van der Waals surface area contributed by atoms with Gasteiger partial charge < -0.3 is 10.1 Å². The minimum atomic E-state index is -0.171. The van der Waals surface area contributed by atoms with Crippen molar-refractivity contribution in [2.45, 2.75) is 13.0 Å². The van der Waals surface area contributed by atoms with Crippen LogP contribution in [0.25, 0.3) is 22.3 Å². The number of hydrogen-bond donors (Lipinski definition) is 2. The number of nitrogens with one attached hydrogen (secondary N) is 2. The summed E-state index contributed by atoms with van der Waals surface area (Å²) in [4.78, 5) is 12.6. The molecule has 0 aliphatic carbocycles. The lowest BCUT2D eigenvalue weighted by Gasteiger charge is -2.07. The van der Waals surface area contributed by atoms with Gasteiger partial charge in [0.15, 0.2) is 0 Å². The van der Waals surface area contributed by atoms with Crippen molar-refractivity contribution < 1.29 is 9.53 Å². The third-order valence-corrected chi connectivity index (χ3v) is 4.49. The summed E-state index contributed by atoms with van der Waals surface area (Å²) in [5.74, 6) is 0.550. The summed E-state index contributed by atoms with van der Waals surface area (Å²) in [6, 6.07) is 15.3. The van der Waals surface area contributed by atoms with Gasteiger partial charge in [-0.15, -0.1) is 5.10 Å². The molecule has 8 nitrogen and oxygen atoms in total. The number of aryl methyl sites for hydroxylation is 1. The van der Waals surface area contributed by atoms with Crippen LogP contribution in [0.15, 0.2) is 54.7 Å². The molecule has 8 heteroatoms. The van der Waals surface area contributed by atoms with Crippen molar-refractivity contribution in [1.82, 2.24) is 30.5 Å². The predicted molar refractivity (Wildman–Crippen MR) is 105 cm³/mol. The number of amides is 1. The lowest BCUT2D eigenvalue weighted by molar-refractivity contribution is 0.0953. The highest BCUT2D eigenvalue weighted by Gasteiger charge is 2.15. The van der Waals surface area contributed by atoms with Gasteiger partial charge in [-0.3, -0.25) is 9.89 Å². The maximum absolute atomic E-state index is 12.6. The van der Waals surface area contributed by atoms with Crippen molar-refractivity contribution in [3.8, 4) is 17.0 Å². The zero-order chi connectivity index (χ0) is 19.3. The number of rotatable bonds is 7. The highest BCUT2D eigenvalue weighted by molar-refractivity contribution is 5.99. The predicted octanol–water partition coefficient (Wildman–Crippen LogP) is 2.65. The second-order valence-electron chi connectivity index (χ2n) is 6.30. The van der Waals surface area contributed by atoms with Gasteiger partial charge in [0.25, 0.3) is 5.91 Å². The van der Waals surface area contributed by atoms with Crippen molar-refractivity contribution in [3.63, 3.8) is 0 Å². The molecule has 28 heavy (non-hydrogen) atoms. The zero-order valence-electron chi connectivity index (χ0n) is 15.4. The lowest BCUT2D eigenvalue weighted by atomic mass is 10.1. The Morgan fingerprint density at radius 1 is 1.21 bits per heavy atom. The quantitative estimate of drug-likeness (QED) is 0.483. The van der Waals surface area contributed by atoms with Gasteiger partial charge >= 0.3 is 0 Å². The molecule has 0 aliphatic heterocycles. The van der Waals surface area contributed by atoms with E-state index in [0.29, 0.717) is 24.3 Å². The van der Waals surface area contributed by atoms with Gasteiger partial charge in [-0.2, -0.15) is 5.10 Å². The average molecular weight is 376 g/mol. The SMILES string of the molecule is COc1cccc(-c2[nH]ncc2C(=O)NCCCn2nnc3ccccc32)c1. The molecule has 2 aromatic carbocycles. The molecule has 0 bridgehead atoms. The van der Waals surface area contributed by atoms with E-state index in [0.717, 1.165) is 28.8 Å². The van der Waals surface area contributed by atoms with Crippen LogP contribution < -0.4 is 10.1 Å². The standard InChI is InChI=1S/C20H20N6O2/c1-28-15-7-4-6-14(12-15)19-16(13-22-24-19)20(27)21-10-5-11-26-18-9-3-2-8-17(18)23-25-26/h2-4,6-9,12-13H,5,10-11H2,1H3,(H,21,27)(H,22,24). The molecular weight excluding hydrogens is 356 g/mol. The Balaban J connectivity index is 1.38. The molecule has 0 unspecified atom stereocenters. The minimum Gasteiger partial charge on any atom is -0.497 e. The normalized spacial score (nSPS) is 10.9. The molecule has 0 radical (unpaired) electrons. The summed E-state index contributed by atoms with van der Waals surface area (Å²) in [7, 11) is 1.61. The van der Waals surface area contributed by atoms with Crippen molar-refractivity contribution >= 4 is 16.9 Å². The first-order valence-corrected chi connectivity index (χ1v) is 9.00. The van der Waals surface area contributed by atoms with Crippen LogP contribution in [-0.2, 0) is 6.54 Å². The molecule has 0 atom stereocenters. The number of aromatic amines is 1. The summed E-state index contributed by atoms with van der Waals surface area (Å²) in [5, 5.41) is 18.2. The second kappa shape index (κ2) is 7.91. The number of carbonyl (C=O) groups is 1. The third-order valence-electron chi connectivity index (χ3n) is 4.49. The number of nitrogens with zero attached hydrogens (tertiary/aromatic N) is 4. The Labute approximate surface area is 161 Å². The van der Waals surface area contributed by atoms with Crippen molar-refractivity contribution in [1.29, 1.82) is 0 Å². The number of para-hydroxylation sites is 1. The Hall–Kier alpha value is -3.68. The fourth-order valence-corrected chi connectivity index (χ4v) is 3.07. The van der Waals surface area contributed by atoms with E-state index in [-0.39, 0.29) is 5.91 Å². The smallest absolute Gasteiger partial charge is 0.255 e. The molecule has 4 rings (SSSR count). The monoisotopic (exact) mass is 376 g/mol. The largest absolute Gasteiger partial charge is 0.497 e. The van der Waals surface area contributed by atoms with Crippen LogP contribution in [0, 0.1) is 0 Å². The molecule has 0 aliphatic rings. The van der Waals surface area contributed by atoms with Crippen LogP contribution in [0.2, 0.25) is 0 Å². The number of fused-ring (bicyclic) bond motifs is 1. The zero-order valence-corrected chi connectivity index (χ0v) is 15.4. The van der Waals surface area contributed by atoms with E-state index in [2.05, 4.69) is 25.8 Å². The first kappa shape index (κ1) is 17.7. The number of methoxy groups -OCH3 is 1. The molecule has 1 amide bonds. The van der Waals surface area contributed by atoms with Crippen LogP contribution in [0.4, 0.5) is 0 Å². The molecule has 4 aromatic rings. The number of ether oxygens (including phenoxy) is 1. The number of hydrogen-bond acceptors (Lipinski definition) is 5. The summed E-state index contributed by atoms with van der Waals surface area (Å²) in [5.41, 5.74) is 3.87. The van der Waals surface area contributed by atoms with Gasteiger partial charge in [-0.1, -0.05) is 29.5 Å². The highest BCUT2D eigenvalue weighted by atomic mass is 16.5. The van der Waals surface area contributed by atoms with E-state index in [1.165, 1.54) is 6.20 Å². The maximum Gasteiger partial charge on any atom is 0.255 e. The van der Waals surface area contributed by atoms with Crippen LogP contribution in [0.3, 0.4) is 0 Å². The van der Waals surface area contributed by atoms with Gasteiger partial charge in [-0.05, 0) is 30.7 Å². The van der Waals surface area contributed by atoms with Crippen molar-refractivity contribution in [2.24, 2.45) is 0 Å². The number of benzene rings is 2. The molecule has 2 aromatic heterocycles. The lowest BCUT2D eigenvalue weighted by Crippen LogP contribution is -2.25. The highest BCUT2D eigenvalue weighted by Crippen LogP contribution is 2.24. The van der Waals surface area contributed by atoms with Gasteiger partial charge in [-0.25, -0.2) is 4.68 Å². The Bertz CT molecular complexity index is 1100. The van der Waals surface area contributed by atoms with Crippen LogP contribution >= 0.6 is 0 Å². The minimum absolute atomic E-state index is 0.171. The Morgan fingerprint density at radius 3 is 3.00 bits per heavy atom. The number of H-pyrrole nitrogens is 1. The summed E-state index contributed by atoms with van der Waals surface area (Å²) >= 11 is 0. The van der Waals surface area contributed by atoms with Crippen LogP contribution in [0.5, 0.6) is 5.75 Å². The summed E-state index contributed by atoms with van der Waals surface area (Å²) < 4.78 is 7.10. The molecule has 2 N–H and O–H groups in total. The third kappa shape index (κ3) is 3.57. The first-order chi connectivity index (χ1) is 13.8. The Morgan fingerprint density at radius 2 is 2.11 bits per heavy atom. The fraction of sp³-hybridized carbons (Fsp3) is 0.200. The molecule has 0 spiro atoms. The van der Waals surface area contributed by atoms with Gasteiger partial charge in [0.2, 0.25) is 0 Å². The topological polar surface area (TPSA) is 97.7 Å². The van der Waals surface area contributed by atoms with Crippen LogP contribution in [-0.4, -0.2) is 44.8 Å². The van der Waals surface area contributed by atoms with E-state index in [1.807, 2.05) is 53.2 Å². The average Bonchev–Trinajstić information content (AvgIpc) is 3.38. The summed E-state index contributed by atoms with van der Waals surface area (Å²) in [6.07, 6.45) is 2.28. The maximum atomic E-state index is 12.6. The molecule has 142 valence electrons. The Kier molecular flexibility index (Phi) is 5.01.